The first kappa shape index (κ1) is 17.0. The van der Waals surface area contributed by atoms with Crippen LogP contribution in [0.5, 0.6) is 0 Å². The molecule has 3 aromatic rings. The smallest absolute Gasteiger partial charge is 0.308 e. The van der Waals surface area contributed by atoms with Crippen molar-refractivity contribution in [3.05, 3.63) is 102 Å². The van der Waals surface area contributed by atoms with E-state index in [4.69, 9.17) is 0 Å². The zero-order chi connectivity index (χ0) is 18.8. The Labute approximate surface area is 158 Å². The number of amides is 2. The number of urea groups is 1. The van der Waals surface area contributed by atoms with Gasteiger partial charge in [-0.1, -0.05) is 78.4 Å². The highest BCUT2D eigenvalue weighted by molar-refractivity contribution is 6.07. The number of carbonyl (C=O) groups excluding carboxylic acids is 2. The van der Waals surface area contributed by atoms with Crippen molar-refractivity contribution in [2.45, 2.75) is 19.0 Å². The molecule has 1 fully saturated rings. The van der Waals surface area contributed by atoms with Gasteiger partial charge in [0.25, 0.3) is 0 Å². The maximum atomic E-state index is 13.0. The first-order valence-electron chi connectivity index (χ1n) is 8.95. The molecule has 2 atom stereocenters. The minimum absolute atomic E-state index is 0.0376. The summed E-state index contributed by atoms with van der Waals surface area (Å²) in [5, 5.41) is 2.89. The summed E-state index contributed by atoms with van der Waals surface area (Å²) >= 11 is 0. The second kappa shape index (κ2) is 7.08. The van der Waals surface area contributed by atoms with E-state index in [1.807, 2.05) is 79.7 Å². The van der Waals surface area contributed by atoms with Gasteiger partial charge in [-0.25, -0.2) is 4.79 Å². The average Bonchev–Trinajstić information content (AvgIpc) is 3.45. The van der Waals surface area contributed by atoms with Crippen LogP contribution in [-0.4, -0.2) is 22.8 Å². The summed E-state index contributed by atoms with van der Waals surface area (Å²) in [6.45, 7) is 2.02. The third-order valence-corrected chi connectivity index (χ3v) is 4.81. The number of para-hydroxylation sites is 1. The van der Waals surface area contributed by atoms with Gasteiger partial charge in [-0.2, -0.15) is 0 Å². The van der Waals surface area contributed by atoms with E-state index in [-0.39, 0.29) is 17.9 Å². The lowest BCUT2D eigenvalue weighted by atomic mass is 10.0. The summed E-state index contributed by atoms with van der Waals surface area (Å²) in [6, 6.07) is 25.4. The molecule has 3 aromatic carbocycles. The van der Waals surface area contributed by atoms with Gasteiger partial charge in [0.05, 0.1) is 6.04 Å². The number of aryl methyl sites for hydroxylation is 1. The Kier molecular flexibility index (Phi) is 4.47. The number of hydrogen-bond donors (Lipinski definition) is 1. The highest BCUT2D eigenvalue weighted by Gasteiger charge is 2.56. The lowest BCUT2D eigenvalue weighted by Crippen LogP contribution is -2.24. The number of anilines is 1. The molecule has 0 spiro atoms. The molecule has 4 heteroatoms. The van der Waals surface area contributed by atoms with Gasteiger partial charge < -0.3 is 10.2 Å². The first-order chi connectivity index (χ1) is 13.1. The van der Waals surface area contributed by atoms with E-state index in [1.54, 1.807) is 17.0 Å². The molecule has 27 heavy (non-hydrogen) atoms. The van der Waals surface area contributed by atoms with Gasteiger partial charge >= 0.3 is 6.03 Å². The van der Waals surface area contributed by atoms with E-state index in [0.29, 0.717) is 11.3 Å². The first-order valence-corrected chi connectivity index (χ1v) is 8.95. The maximum Gasteiger partial charge on any atom is 0.323 e. The summed E-state index contributed by atoms with van der Waals surface area (Å²) in [4.78, 5) is 27.5. The van der Waals surface area contributed by atoms with Crippen molar-refractivity contribution >= 4 is 17.5 Å². The minimum atomic E-state index is -0.487. The van der Waals surface area contributed by atoms with Crippen LogP contribution in [0.2, 0.25) is 0 Å². The molecule has 1 saturated heterocycles. The van der Waals surface area contributed by atoms with Crippen LogP contribution in [0.1, 0.15) is 27.5 Å². The van der Waals surface area contributed by atoms with E-state index < -0.39 is 6.04 Å². The Morgan fingerprint density at radius 2 is 1.41 bits per heavy atom. The van der Waals surface area contributed by atoms with Crippen molar-refractivity contribution in [2.24, 2.45) is 0 Å². The summed E-state index contributed by atoms with van der Waals surface area (Å²) in [5.74, 6) is -0.0376. The SMILES string of the molecule is Cc1ccc([C@H]2[C@H](C(=O)c3ccccc3)N2C(=O)Nc2ccccc2)cc1. The van der Waals surface area contributed by atoms with Gasteiger partial charge in [0.1, 0.15) is 6.04 Å². The molecule has 1 aliphatic heterocycles. The third kappa shape index (κ3) is 3.47. The molecule has 0 aromatic heterocycles. The average molecular weight is 356 g/mol. The molecule has 0 saturated carbocycles. The molecular weight excluding hydrogens is 336 g/mol. The predicted molar refractivity (Wildman–Crippen MR) is 106 cm³/mol. The fourth-order valence-electron chi connectivity index (χ4n) is 3.34. The summed E-state index contributed by atoms with van der Waals surface area (Å²) in [7, 11) is 0. The predicted octanol–water partition coefficient (Wildman–Crippen LogP) is 4.84. The Hall–Kier alpha value is -3.40. The Morgan fingerprint density at radius 1 is 0.815 bits per heavy atom. The number of ketones is 1. The number of nitrogens with zero attached hydrogens (tertiary/aromatic N) is 1. The van der Waals surface area contributed by atoms with Crippen LogP contribution in [0.3, 0.4) is 0 Å². The second-order valence-electron chi connectivity index (χ2n) is 6.73. The number of carbonyl (C=O) groups is 2. The summed E-state index contributed by atoms with van der Waals surface area (Å²) < 4.78 is 0. The van der Waals surface area contributed by atoms with Gasteiger partial charge in [-0.3, -0.25) is 4.79 Å². The van der Waals surface area contributed by atoms with Crippen molar-refractivity contribution in [1.29, 1.82) is 0 Å². The van der Waals surface area contributed by atoms with Crippen molar-refractivity contribution in [3.8, 4) is 0 Å². The van der Waals surface area contributed by atoms with Crippen LogP contribution in [-0.2, 0) is 0 Å². The van der Waals surface area contributed by atoms with E-state index in [1.165, 1.54) is 0 Å². The van der Waals surface area contributed by atoms with E-state index >= 15 is 0 Å². The number of nitrogens with one attached hydrogen (secondary N) is 1. The number of hydrogen-bond acceptors (Lipinski definition) is 2. The molecule has 4 rings (SSSR count). The largest absolute Gasteiger partial charge is 0.323 e. The molecule has 4 nitrogen and oxygen atoms in total. The third-order valence-electron chi connectivity index (χ3n) is 4.81. The van der Waals surface area contributed by atoms with Crippen LogP contribution in [0.4, 0.5) is 10.5 Å². The van der Waals surface area contributed by atoms with Gasteiger partial charge in [-0.15, -0.1) is 0 Å². The van der Waals surface area contributed by atoms with Crippen LogP contribution in [0.15, 0.2) is 84.9 Å². The van der Waals surface area contributed by atoms with Gasteiger partial charge in [0.15, 0.2) is 5.78 Å². The number of Topliss-reactive ketones (excluding diaryl/α,β-unsaturated/α-hetero) is 1. The van der Waals surface area contributed by atoms with Gasteiger partial charge in [0, 0.05) is 11.3 Å². The number of rotatable bonds is 4. The summed E-state index contributed by atoms with van der Waals surface area (Å²) in [5.41, 5.74) is 3.45. The quantitative estimate of drug-likeness (QED) is 0.537. The molecule has 0 unspecified atom stereocenters. The maximum absolute atomic E-state index is 13.0. The molecular formula is C23H20N2O2. The van der Waals surface area contributed by atoms with Crippen molar-refractivity contribution in [2.75, 3.05) is 5.32 Å². The lowest BCUT2D eigenvalue weighted by Gasteiger charge is -2.08. The summed E-state index contributed by atoms with van der Waals surface area (Å²) in [6.07, 6.45) is 0. The Balaban J connectivity index is 1.61. The number of benzene rings is 3. The normalized spacial score (nSPS) is 18.0. The molecule has 0 aliphatic carbocycles. The zero-order valence-corrected chi connectivity index (χ0v) is 15.0. The van der Waals surface area contributed by atoms with Crippen molar-refractivity contribution in [3.63, 3.8) is 0 Å². The minimum Gasteiger partial charge on any atom is -0.308 e. The highest BCUT2D eigenvalue weighted by atomic mass is 16.2. The van der Waals surface area contributed by atoms with E-state index in [0.717, 1.165) is 11.1 Å². The standard InChI is InChI=1S/C23H20N2O2/c1-16-12-14-17(15-13-16)20-21(22(26)18-8-4-2-5-9-18)25(20)23(27)24-19-10-6-3-7-11-19/h2-15,20-21H,1H3,(H,24,27)/t20-,21+,25?/m0/s1. The Morgan fingerprint density at radius 3 is 2.04 bits per heavy atom. The fourth-order valence-corrected chi connectivity index (χ4v) is 3.34. The molecule has 0 radical (unpaired) electrons. The second-order valence-corrected chi connectivity index (χ2v) is 6.73. The zero-order valence-electron chi connectivity index (χ0n) is 15.0. The van der Waals surface area contributed by atoms with Gasteiger partial charge in [-0.05, 0) is 24.6 Å². The van der Waals surface area contributed by atoms with E-state index in [2.05, 4.69) is 5.32 Å². The monoisotopic (exact) mass is 356 g/mol. The van der Waals surface area contributed by atoms with Gasteiger partial charge in [0.2, 0.25) is 0 Å². The molecule has 1 aliphatic rings. The van der Waals surface area contributed by atoms with Crippen LogP contribution in [0.25, 0.3) is 0 Å². The van der Waals surface area contributed by atoms with Crippen molar-refractivity contribution in [1.82, 2.24) is 4.90 Å². The fraction of sp³-hybridized carbons (Fsp3) is 0.130. The van der Waals surface area contributed by atoms with Crippen LogP contribution < -0.4 is 5.32 Å². The van der Waals surface area contributed by atoms with E-state index in [9.17, 15) is 9.59 Å². The van der Waals surface area contributed by atoms with Crippen LogP contribution >= 0.6 is 0 Å². The molecule has 1 N–H and O–H groups in total. The molecule has 134 valence electrons. The molecule has 0 bridgehead atoms. The topological polar surface area (TPSA) is 49.2 Å². The Bertz CT molecular complexity index is 953. The molecule has 2 amide bonds. The van der Waals surface area contributed by atoms with Crippen molar-refractivity contribution < 1.29 is 9.59 Å². The lowest BCUT2D eigenvalue weighted by molar-refractivity contribution is 0.0976. The highest BCUT2D eigenvalue weighted by Crippen LogP contribution is 2.45. The molecule has 1 heterocycles. The van der Waals surface area contributed by atoms with Crippen LogP contribution in [0, 0.1) is 6.92 Å².